The summed E-state index contributed by atoms with van der Waals surface area (Å²) < 4.78 is 1.63. The van der Waals surface area contributed by atoms with Crippen molar-refractivity contribution in [3.63, 3.8) is 0 Å². The van der Waals surface area contributed by atoms with Gasteiger partial charge in [-0.1, -0.05) is 31.9 Å². The van der Waals surface area contributed by atoms with Gasteiger partial charge in [-0.25, -0.2) is 0 Å². The SMILES string of the molecule is CCn1nccc1C(=O)N[C@H](C(=O)Nc1ccc(/C(C(C)=N)=C(\C)N)cc1)C1CCC(C)CC1. The van der Waals surface area contributed by atoms with Crippen LogP contribution < -0.4 is 16.4 Å². The standard InChI is InChI=1S/C26H36N6O2/c1-5-32-22(14-15-29-32)25(33)31-24(20-8-6-16(2)7-9-20)26(34)30-21-12-10-19(11-13-21)23(17(3)27)18(4)28/h10-16,20,24,27H,5-9,28H2,1-4H3,(H,30,34)(H,31,33)/b23-18+,27-17?/t16?,20?,24-/m0/s1. The smallest absolute Gasteiger partial charge is 0.270 e. The molecule has 1 aromatic carbocycles. The van der Waals surface area contributed by atoms with E-state index in [0.29, 0.717) is 40.8 Å². The second-order valence-corrected chi connectivity index (χ2v) is 9.25. The lowest BCUT2D eigenvalue weighted by Gasteiger charge is -2.32. The first-order valence-electron chi connectivity index (χ1n) is 12.0. The van der Waals surface area contributed by atoms with Crippen molar-refractivity contribution < 1.29 is 9.59 Å². The fourth-order valence-electron chi connectivity index (χ4n) is 4.69. The molecule has 2 amide bonds. The van der Waals surface area contributed by atoms with Gasteiger partial charge in [-0.15, -0.1) is 0 Å². The summed E-state index contributed by atoms with van der Waals surface area (Å²) in [5.74, 6) is 0.197. The molecule has 0 aliphatic heterocycles. The van der Waals surface area contributed by atoms with Crippen molar-refractivity contribution >= 4 is 28.8 Å². The molecule has 1 saturated carbocycles. The molecule has 0 unspecified atom stereocenters. The minimum Gasteiger partial charge on any atom is -0.402 e. The summed E-state index contributed by atoms with van der Waals surface area (Å²) in [7, 11) is 0. The highest BCUT2D eigenvalue weighted by Crippen LogP contribution is 2.31. The van der Waals surface area contributed by atoms with Crippen LogP contribution in [0.15, 0.2) is 42.2 Å². The van der Waals surface area contributed by atoms with Crippen molar-refractivity contribution in [3.05, 3.63) is 53.5 Å². The van der Waals surface area contributed by atoms with E-state index in [1.165, 1.54) is 0 Å². The molecule has 0 spiro atoms. The van der Waals surface area contributed by atoms with Crippen molar-refractivity contribution in [1.29, 1.82) is 5.41 Å². The van der Waals surface area contributed by atoms with Gasteiger partial charge in [0, 0.05) is 35.4 Å². The lowest BCUT2D eigenvalue weighted by Crippen LogP contribution is -2.49. The quantitative estimate of drug-likeness (QED) is 0.437. The summed E-state index contributed by atoms with van der Waals surface area (Å²) in [6.07, 6.45) is 5.48. The molecule has 0 saturated heterocycles. The third-order valence-electron chi connectivity index (χ3n) is 6.56. The van der Waals surface area contributed by atoms with Crippen LogP contribution >= 0.6 is 0 Å². The second kappa shape index (κ2) is 11.1. The molecule has 1 fully saturated rings. The van der Waals surface area contributed by atoms with E-state index < -0.39 is 6.04 Å². The summed E-state index contributed by atoms with van der Waals surface area (Å²) in [6, 6.07) is 8.32. The van der Waals surface area contributed by atoms with Gasteiger partial charge in [0.2, 0.25) is 5.91 Å². The molecular formula is C26H36N6O2. The summed E-state index contributed by atoms with van der Waals surface area (Å²) in [5, 5.41) is 18.1. The number of nitrogens with one attached hydrogen (secondary N) is 3. The Bertz CT molecular complexity index is 1060. The zero-order chi connectivity index (χ0) is 24.8. The molecule has 182 valence electrons. The second-order valence-electron chi connectivity index (χ2n) is 9.25. The van der Waals surface area contributed by atoms with Gasteiger partial charge in [-0.2, -0.15) is 5.10 Å². The van der Waals surface area contributed by atoms with Gasteiger partial charge in [0.1, 0.15) is 11.7 Å². The topological polar surface area (TPSA) is 126 Å². The predicted octanol–water partition coefficient (Wildman–Crippen LogP) is 4.20. The fraction of sp³-hybridized carbons (Fsp3) is 0.462. The Labute approximate surface area is 201 Å². The highest BCUT2D eigenvalue weighted by atomic mass is 16.2. The number of nitrogens with zero attached hydrogens (tertiary/aromatic N) is 2. The Morgan fingerprint density at radius 3 is 2.35 bits per heavy atom. The van der Waals surface area contributed by atoms with Gasteiger partial charge in [-0.05, 0) is 69.2 Å². The predicted molar refractivity (Wildman–Crippen MR) is 136 cm³/mol. The number of amides is 2. The summed E-state index contributed by atoms with van der Waals surface area (Å²) >= 11 is 0. The first kappa shape index (κ1) is 25.2. The highest BCUT2D eigenvalue weighted by Gasteiger charge is 2.33. The Morgan fingerprint density at radius 2 is 1.79 bits per heavy atom. The van der Waals surface area contributed by atoms with Crippen molar-refractivity contribution in [2.75, 3.05) is 5.32 Å². The Balaban J connectivity index is 1.79. The fourth-order valence-corrected chi connectivity index (χ4v) is 4.69. The van der Waals surface area contributed by atoms with Gasteiger partial charge < -0.3 is 21.8 Å². The molecule has 5 N–H and O–H groups in total. The number of carbonyl (C=O) groups excluding carboxylic acids is 2. The summed E-state index contributed by atoms with van der Waals surface area (Å²) in [4.78, 5) is 26.4. The normalized spacial score (nSPS) is 19.6. The third kappa shape index (κ3) is 5.92. The molecule has 1 aromatic heterocycles. The van der Waals surface area contributed by atoms with Crippen LogP contribution in [0.25, 0.3) is 5.57 Å². The van der Waals surface area contributed by atoms with Gasteiger partial charge in [0.05, 0.1) is 0 Å². The van der Waals surface area contributed by atoms with Crippen molar-refractivity contribution in [2.45, 2.75) is 66.0 Å². The summed E-state index contributed by atoms with van der Waals surface area (Å²) in [6.45, 7) is 8.20. The molecule has 0 radical (unpaired) electrons. The Kier molecular flexibility index (Phi) is 8.26. The van der Waals surface area contributed by atoms with Crippen LogP contribution in [0.1, 0.15) is 69.4 Å². The van der Waals surface area contributed by atoms with Crippen molar-refractivity contribution in [1.82, 2.24) is 15.1 Å². The number of hydrogen-bond donors (Lipinski definition) is 4. The molecule has 1 heterocycles. The number of rotatable bonds is 8. The monoisotopic (exact) mass is 464 g/mol. The van der Waals surface area contributed by atoms with Gasteiger partial charge >= 0.3 is 0 Å². The number of nitrogens with two attached hydrogens (primary N) is 1. The number of anilines is 1. The van der Waals surface area contributed by atoms with E-state index in [1.807, 2.05) is 19.1 Å². The average Bonchev–Trinajstić information content (AvgIpc) is 3.28. The molecule has 2 aromatic rings. The Morgan fingerprint density at radius 1 is 1.15 bits per heavy atom. The highest BCUT2D eigenvalue weighted by molar-refractivity contribution is 6.21. The molecule has 34 heavy (non-hydrogen) atoms. The molecule has 1 aliphatic carbocycles. The zero-order valence-corrected chi connectivity index (χ0v) is 20.5. The lowest BCUT2D eigenvalue weighted by molar-refractivity contribution is -0.119. The van der Waals surface area contributed by atoms with Crippen LogP contribution in [0, 0.1) is 17.2 Å². The first-order valence-corrected chi connectivity index (χ1v) is 12.0. The number of aromatic nitrogens is 2. The maximum Gasteiger partial charge on any atom is 0.270 e. The first-order chi connectivity index (χ1) is 16.2. The lowest BCUT2D eigenvalue weighted by atomic mass is 9.79. The molecule has 0 bridgehead atoms. The average molecular weight is 465 g/mol. The van der Waals surface area contributed by atoms with E-state index >= 15 is 0 Å². The maximum atomic E-state index is 13.4. The van der Waals surface area contributed by atoms with Crippen molar-refractivity contribution in [2.24, 2.45) is 17.6 Å². The van der Waals surface area contributed by atoms with E-state index in [0.717, 1.165) is 31.2 Å². The van der Waals surface area contributed by atoms with E-state index in [4.69, 9.17) is 11.1 Å². The van der Waals surface area contributed by atoms with Crippen LogP contribution in [0.2, 0.25) is 0 Å². The zero-order valence-electron chi connectivity index (χ0n) is 20.5. The Hall–Kier alpha value is -3.42. The van der Waals surface area contributed by atoms with Gasteiger partial charge in [0.25, 0.3) is 5.91 Å². The van der Waals surface area contributed by atoms with E-state index in [1.54, 1.807) is 42.9 Å². The van der Waals surface area contributed by atoms with E-state index in [2.05, 4.69) is 22.7 Å². The molecule has 1 atom stereocenters. The minimum atomic E-state index is -0.634. The molecule has 3 rings (SSSR count). The van der Waals surface area contributed by atoms with Crippen LogP contribution in [0.3, 0.4) is 0 Å². The summed E-state index contributed by atoms with van der Waals surface area (Å²) in [5.41, 5.74) is 9.50. The molecular weight excluding hydrogens is 428 g/mol. The van der Waals surface area contributed by atoms with E-state index in [9.17, 15) is 9.59 Å². The maximum absolute atomic E-state index is 13.4. The number of carbonyl (C=O) groups is 2. The number of aryl methyl sites for hydroxylation is 1. The molecule has 8 nitrogen and oxygen atoms in total. The number of hydrogen-bond acceptors (Lipinski definition) is 5. The number of benzene rings is 1. The van der Waals surface area contributed by atoms with Crippen LogP contribution in [-0.4, -0.2) is 33.3 Å². The van der Waals surface area contributed by atoms with Crippen LogP contribution in [0.5, 0.6) is 0 Å². The number of allylic oxidation sites excluding steroid dienone is 2. The minimum absolute atomic E-state index is 0.0763. The van der Waals surface area contributed by atoms with Crippen LogP contribution in [-0.2, 0) is 11.3 Å². The third-order valence-corrected chi connectivity index (χ3v) is 6.56. The molecule has 1 aliphatic rings. The van der Waals surface area contributed by atoms with Gasteiger partial charge in [0.15, 0.2) is 0 Å². The van der Waals surface area contributed by atoms with Crippen molar-refractivity contribution in [3.8, 4) is 0 Å². The van der Waals surface area contributed by atoms with Crippen LogP contribution in [0.4, 0.5) is 5.69 Å². The largest absolute Gasteiger partial charge is 0.402 e. The molecule has 8 heteroatoms. The van der Waals surface area contributed by atoms with E-state index in [-0.39, 0.29) is 17.7 Å². The van der Waals surface area contributed by atoms with Gasteiger partial charge in [-0.3, -0.25) is 14.3 Å².